The number of unbranched alkanes of at least 4 members (excludes halogenated alkanes) is 38. The second-order valence-corrected chi connectivity index (χ2v) is 22.4. The Morgan fingerprint density at radius 1 is 0.515 bits per heavy atom. The first-order chi connectivity index (χ1) is 32.0. The summed E-state index contributed by atoms with van der Waals surface area (Å²) in [5.41, 5.74) is 0. The molecule has 9 heteroatoms. The molecule has 0 aromatic carbocycles. The standard InChI is InChI=1S/C57H113N2O6P/c1-6-8-10-12-14-16-18-20-22-24-26-28-29-30-31-32-34-36-38-40-42-44-46-48-50-56(60)55(54-65-66(62,63)64-53-52-59(3,4)5)58-57(61)51-49-47-45-43-41-39-37-35-33-27-25-23-21-19-17-15-13-11-9-7-2/h40,42,48,50,55-56,60H,6-39,41,43-47,49,51-54H2,1-5H3,(H-,58,61,62,63)/b42-40+,50-48+. The minimum atomic E-state index is -4.60. The summed E-state index contributed by atoms with van der Waals surface area (Å²) in [5.74, 6) is -0.201. The Morgan fingerprint density at radius 2 is 0.848 bits per heavy atom. The van der Waals surface area contributed by atoms with Gasteiger partial charge in [0.15, 0.2) is 0 Å². The minimum absolute atomic E-state index is 0.00372. The van der Waals surface area contributed by atoms with Gasteiger partial charge in [0.05, 0.1) is 39.9 Å². The van der Waals surface area contributed by atoms with Gasteiger partial charge in [-0.25, -0.2) is 0 Å². The van der Waals surface area contributed by atoms with Gasteiger partial charge >= 0.3 is 0 Å². The van der Waals surface area contributed by atoms with Crippen LogP contribution in [0.3, 0.4) is 0 Å². The van der Waals surface area contributed by atoms with Crippen molar-refractivity contribution in [1.82, 2.24) is 5.32 Å². The van der Waals surface area contributed by atoms with Gasteiger partial charge in [-0.1, -0.05) is 269 Å². The quantitative estimate of drug-likeness (QED) is 0.0272. The maximum Gasteiger partial charge on any atom is 0.268 e. The van der Waals surface area contributed by atoms with Crippen LogP contribution in [0.1, 0.15) is 284 Å². The predicted molar refractivity (Wildman–Crippen MR) is 284 cm³/mol. The lowest BCUT2D eigenvalue weighted by molar-refractivity contribution is -0.870. The van der Waals surface area contributed by atoms with Crippen molar-refractivity contribution in [1.29, 1.82) is 0 Å². The molecule has 1 amide bonds. The van der Waals surface area contributed by atoms with Crippen LogP contribution in [-0.4, -0.2) is 68.5 Å². The molecular weight excluding hydrogens is 840 g/mol. The number of likely N-dealkylation sites (N-methyl/N-ethyl adjacent to an activating group) is 1. The third-order valence-corrected chi connectivity index (χ3v) is 14.1. The van der Waals surface area contributed by atoms with E-state index in [0.29, 0.717) is 17.4 Å². The van der Waals surface area contributed by atoms with Gasteiger partial charge in [0, 0.05) is 6.42 Å². The summed E-state index contributed by atoms with van der Waals surface area (Å²) >= 11 is 0. The smallest absolute Gasteiger partial charge is 0.268 e. The van der Waals surface area contributed by atoms with Crippen molar-refractivity contribution in [3.8, 4) is 0 Å². The van der Waals surface area contributed by atoms with Crippen LogP contribution in [0.4, 0.5) is 0 Å². The Bertz CT molecular complexity index is 1130. The Morgan fingerprint density at radius 3 is 1.23 bits per heavy atom. The Balaban J connectivity index is 4.24. The Hall–Kier alpha value is -1.02. The molecule has 3 unspecified atom stereocenters. The van der Waals surface area contributed by atoms with Gasteiger partial charge in [-0.15, -0.1) is 0 Å². The van der Waals surface area contributed by atoms with Gasteiger partial charge in [0.2, 0.25) is 5.91 Å². The van der Waals surface area contributed by atoms with Crippen LogP contribution >= 0.6 is 7.82 Å². The summed E-state index contributed by atoms with van der Waals surface area (Å²) in [6, 6.07) is -0.900. The molecule has 0 saturated heterocycles. The molecule has 0 bridgehead atoms. The molecule has 0 heterocycles. The molecule has 0 aliphatic rings. The molecule has 0 aromatic rings. The fourth-order valence-corrected chi connectivity index (χ4v) is 9.37. The third kappa shape index (κ3) is 50.8. The fraction of sp³-hybridized carbons (Fsp3) is 0.912. The topological polar surface area (TPSA) is 108 Å². The molecule has 3 atom stereocenters. The molecule has 0 aliphatic heterocycles. The number of aliphatic hydroxyl groups is 1. The number of nitrogens with zero attached hydrogens (tertiary/aromatic N) is 1. The predicted octanol–water partition coefficient (Wildman–Crippen LogP) is 16.6. The number of rotatable bonds is 53. The van der Waals surface area contributed by atoms with Gasteiger partial charge in [0.25, 0.3) is 7.82 Å². The molecule has 0 spiro atoms. The van der Waals surface area contributed by atoms with E-state index in [2.05, 4.69) is 31.3 Å². The maximum atomic E-state index is 12.9. The summed E-state index contributed by atoms with van der Waals surface area (Å²) in [7, 11) is 1.26. The van der Waals surface area contributed by atoms with Crippen LogP contribution in [0.5, 0.6) is 0 Å². The van der Waals surface area contributed by atoms with Gasteiger partial charge < -0.3 is 28.8 Å². The number of hydrogen-bond acceptors (Lipinski definition) is 6. The van der Waals surface area contributed by atoms with Crippen molar-refractivity contribution in [2.45, 2.75) is 296 Å². The second kappa shape index (κ2) is 49.0. The number of aliphatic hydroxyl groups excluding tert-OH is 1. The number of allylic oxidation sites excluding steroid dienone is 3. The Labute approximate surface area is 411 Å². The summed E-state index contributed by atoms with van der Waals surface area (Å²) < 4.78 is 23.3. The lowest BCUT2D eigenvalue weighted by Crippen LogP contribution is -2.45. The van der Waals surface area contributed by atoms with Crippen LogP contribution in [0.25, 0.3) is 0 Å². The molecule has 0 saturated carbocycles. The van der Waals surface area contributed by atoms with E-state index < -0.39 is 20.0 Å². The number of carbonyl (C=O) groups is 1. The van der Waals surface area contributed by atoms with E-state index in [-0.39, 0.29) is 19.1 Å². The monoisotopic (exact) mass is 953 g/mol. The average Bonchev–Trinajstić information content (AvgIpc) is 3.28. The molecule has 0 rings (SSSR count). The maximum absolute atomic E-state index is 12.9. The van der Waals surface area contributed by atoms with E-state index in [4.69, 9.17) is 9.05 Å². The van der Waals surface area contributed by atoms with E-state index in [0.717, 1.165) is 38.5 Å². The van der Waals surface area contributed by atoms with Crippen molar-refractivity contribution in [3.63, 3.8) is 0 Å². The third-order valence-electron chi connectivity index (χ3n) is 13.2. The summed E-state index contributed by atoms with van der Waals surface area (Å²) in [4.78, 5) is 25.5. The van der Waals surface area contributed by atoms with Crippen LogP contribution in [-0.2, 0) is 18.4 Å². The highest BCUT2D eigenvalue weighted by molar-refractivity contribution is 7.45. The SMILES string of the molecule is CCCCCCCCCCCCCCCCCCCC/C=C/CC/C=C/C(O)C(COP(=O)([O-])OCC[N+](C)(C)C)NC(=O)CCCCCCCCCCCCCCCCCCCCCC. The van der Waals surface area contributed by atoms with Crippen LogP contribution in [0.2, 0.25) is 0 Å². The number of hydrogen-bond donors (Lipinski definition) is 2. The molecule has 0 radical (unpaired) electrons. The van der Waals surface area contributed by atoms with E-state index in [1.54, 1.807) is 6.08 Å². The zero-order valence-corrected chi connectivity index (χ0v) is 45.6. The number of amides is 1. The molecule has 2 N–H and O–H groups in total. The van der Waals surface area contributed by atoms with E-state index in [9.17, 15) is 19.4 Å². The largest absolute Gasteiger partial charge is 0.756 e. The van der Waals surface area contributed by atoms with E-state index >= 15 is 0 Å². The number of phosphoric acid groups is 1. The summed E-state index contributed by atoms with van der Waals surface area (Å²) in [6.07, 6.45) is 61.1. The highest BCUT2D eigenvalue weighted by Crippen LogP contribution is 2.38. The second-order valence-electron chi connectivity index (χ2n) is 21.0. The van der Waals surface area contributed by atoms with Gasteiger partial charge in [0.1, 0.15) is 13.2 Å². The van der Waals surface area contributed by atoms with Crippen LogP contribution in [0.15, 0.2) is 24.3 Å². The lowest BCUT2D eigenvalue weighted by Gasteiger charge is -2.29. The van der Waals surface area contributed by atoms with Crippen LogP contribution in [0, 0.1) is 0 Å². The summed E-state index contributed by atoms with van der Waals surface area (Å²) in [6.45, 7) is 4.67. The highest BCUT2D eigenvalue weighted by atomic mass is 31.2. The summed E-state index contributed by atoms with van der Waals surface area (Å²) in [5, 5.41) is 13.9. The normalized spacial score (nSPS) is 14.1. The fourth-order valence-electron chi connectivity index (χ4n) is 8.64. The zero-order chi connectivity index (χ0) is 48.5. The first kappa shape index (κ1) is 65.0. The van der Waals surface area contributed by atoms with Gasteiger partial charge in [-0.2, -0.15) is 0 Å². The number of quaternary nitrogens is 1. The zero-order valence-electron chi connectivity index (χ0n) is 44.7. The number of phosphoric ester groups is 1. The van der Waals surface area contributed by atoms with Crippen molar-refractivity contribution in [3.05, 3.63) is 24.3 Å². The van der Waals surface area contributed by atoms with Crippen molar-refractivity contribution in [2.75, 3.05) is 40.9 Å². The molecular formula is C57H113N2O6P. The molecule has 0 fully saturated rings. The van der Waals surface area contributed by atoms with Crippen molar-refractivity contribution < 1.29 is 32.9 Å². The highest BCUT2D eigenvalue weighted by Gasteiger charge is 2.23. The first-order valence-corrected chi connectivity index (χ1v) is 30.2. The minimum Gasteiger partial charge on any atom is -0.756 e. The molecule has 392 valence electrons. The van der Waals surface area contributed by atoms with Crippen molar-refractivity contribution >= 4 is 13.7 Å². The van der Waals surface area contributed by atoms with E-state index in [1.807, 2.05) is 27.2 Å². The molecule has 66 heavy (non-hydrogen) atoms. The lowest BCUT2D eigenvalue weighted by atomic mass is 10.0. The van der Waals surface area contributed by atoms with Crippen molar-refractivity contribution in [2.24, 2.45) is 0 Å². The first-order valence-electron chi connectivity index (χ1n) is 28.7. The van der Waals surface area contributed by atoms with Gasteiger partial charge in [-0.05, 0) is 32.1 Å². The number of nitrogens with one attached hydrogen (secondary N) is 1. The molecule has 0 aliphatic carbocycles. The number of carbonyl (C=O) groups excluding carboxylic acids is 1. The molecule has 0 aromatic heterocycles. The molecule has 8 nitrogen and oxygen atoms in total. The Kier molecular flexibility index (Phi) is 48.2. The average molecular weight is 954 g/mol. The van der Waals surface area contributed by atoms with E-state index in [1.165, 1.54) is 225 Å². The van der Waals surface area contributed by atoms with Gasteiger partial charge in [-0.3, -0.25) is 9.36 Å². The van der Waals surface area contributed by atoms with Crippen LogP contribution < -0.4 is 10.2 Å².